The Balaban J connectivity index is 1.99. The number of ether oxygens (including phenoxy) is 1. The molecular weight excluding hydrogens is 631 g/mol. The highest BCUT2D eigenvalue weighted by atomic mass is 127. The van der Waals surface area contributed by atoms with Crippen LogP contribution in [-0.2, 0) is 0 Å². The molecule has 0 atom stereocenters. The Labute approximate surface area is 174 Å². The van der Waals surface area contributed by atoms with Gasteiger partial charge in [0.15, 0.2) is 5.75 Å². The van der Waals surface area contributed by atoms with Crippen LogP contribution in [0.2, 0.25) is 0 Å². The van der Waals surface area contributed by atoms with Crippen molar-refractivity contribution in [1.82, 2.24) is 0 Å². The van der Waals surface area contributed by atoms with Crippen molar-refractivity contribution in [2.45, 2.75) is 0 Å². The molecule has 2 N–H and O–H groups in total. The van der Waals surface area contributed by atoms with Crippen LogP contribution in [0.5, 0.6) is 5.75 Å². The van der Waals surface area contributed by atoms with Crippen molar-refractivity contribution >= 4 is 90.2 Å². The number of anilines is 1. The third kappa shape index (κ3) is 3.58. The minimum atomic E-state index is -0.396. The van der Waals surface area contributed by atoms with Crippen LogP contribution in [-0.4, -0.2) is 5.97 Å². The van der Waals surface area contributed by atoms with E-state index in [1.54, 1.807) is 6.07 Å². The average molecular weight is 641 g/mol. The minimum Gasteiger partial charge on any atom is -0.421 e. The van der Waals surface area contributed by atoms with E-state index in [4.69, 9.17) is 10.5 Å². The number of benzene rings is 3. The van der Waals surface area contributed by atoms with Crippen molar-refractivity contribution in [3.63, 3.8) is 0 Å². The van der Waals surface area contributed by atoms with Crippen LogP contribution in [0.25, 0.3) is 10.8 Å². The van der Waals surface area contributed by atoms with Crippen molar-refractivity contribution in [2.24, 2.45) is 0 Å². The van der Waals surface area contributed by atoms with Crippen molar-refractivity contribution < 1.29 is 9.53 Å². The summed E-state index contributed by atoms with van der Waals surface area (Å²) in [5.74, 6) is -0.00816. The molecule has 0 aromatic heterocycles. The molecule has 0 radical (unpaired) electrons. The van der Waals surface area contributed by atoms with Gasteiger partial charge in [0.2, 0.25) is 0 Å². The Bertz CT molecular complexity index is 925. The number of rotatable bonds is 2. The molecule has 0 fully saturated rings. The number of carbonyl (C=O) groups is 1. The van der Waals surface area contributed by atoms with Crippen LogP contribution in [0, 0.1) is 10.7 Å². The van der Waals surface area contributed by atoms with Gasteiger partial charge in [-0.05, 0) is 91.4 Å². The van der Waals surface area contributed by atoms with Gasteiger partial charge in [-0.15, -0.1) is 0 Å². The molecule has 0 aliphatic rings. The average Bonchev–Trinajstić information content (AvgIpc) is 2.53. The first-order valence-electron chi connectivity index (χ1n) is 6.61. The summed E-state index contributed by atoms with van der Waals surface area (Å²) in [6.07, 6.45) is 0. The fraction of sp³-hybridized carbons (Fsp3) is 0. The number of halogens is 3. The molecule has 0 aliphatic carbocycles. The van der Waals surface area contributed by atoms with E-state index in [2.05, 4.69) is 67.8 Å². The van der Waals surface area contributed by atoms with Gasteiger partial charge in [0, 0.05) is 16.1 Å². The Morgan fingerprint density at radius 3 is 2.52 bits per heavy atom. The molecule has 0 bridgehead atoms. The summed E-state index contributed by atoms with van der Waals surface area (Å²) in [6, 6.07) is 15.2. The quantitative estimate of drug-likeness (QED) is 0.133. The molecule has 3 aromatic carbocycles. The monoisotopic (exact) mass is 641 g/mol. The SMILES string of the molecule is Nc1c(OC(=O)c2cc(I)cc(I)c2I)ccc2ccccc12. The van der Waals surface area contributed by atoms with E-state index in [0.29, 0.717) is 17.0 Å². The third-order valence-electron chi connectivity index (χ3n) is 3.35. The van der Waals surface area contributed by atoms with Gasteiger partial charge in [0.05, 0.1) is 11.3 Å². The van der Waals surface area contributed by atoms with Crippen LogP contribution >= 0.6 is 67.8 Å². The highest BCUT2D eigenvalue weighted by Gasteiger charge is 2.17. The summed E-state index contributed by atoms with van der Waals surface area (Å²) in [4.78, 5) is 12.5. The van der Waals surface area contributed by atoms with E-state index in [9.17, 15) is 4.79 Å². The first-order valence-corrected chi connectivity index (χ1v) is 9.85. The van der Waals surface area contributed by atoms with Gasteiger partial charge in [-0.2, -0.15) is 0 Å². The molecule has 0 spiro atoms. The lowest BCUT2D eigenvalue weighted by atomic mass is 10.1. The molecule has 0 amide bonds. The fourth-order valence-corrected chi connectivity index (χ4v) is 4.60. The van der Waals surface area contributed by atoms with Crippen molar-refractivity contribution in [3.05, 3.63) is 64.8 Å². The molecule has 0 saturated heterocycles. The van der Waals surface area contributed by atoms with Gasteiger partial charge in [-0.3, -0.25) is 0 Å². The van der Waals surface area contributed by atoms with Gasteiger partial charge in [0.1, 0.15) is 0 Å². The smallest absolute Gasteiger partial charge is 0.344 e. The predicted octanol–water partition coefficient (Wildman–Crippen LogP) is 5.46. The Hall–Kier alpha value is -0.620. The number of hydrogen-bond donors (Lipinski definition) is 1. The van der Waals surface area contributed by atoms with Crippen LogP contribution in [0.4, 0.5) is 5.69 Å². The standard InChI is InChI=1S/C17H10I3NO2/c18-10-7-12(15(20)13(19)8-10)17(22)23-14-6-5-9-3-1-2-4-11(9)16(14)21/h1-8H,21H2. The molecule has 3 rings (SSSR count). The molecule has 116 valence electrons. The molecule has 3 aromatic rings. The molecule has 0 saturated carbocycles. The Morgan fingerprint density at radius 1 is 1.00 bits per heavy atom. The summed E-state index contributed by atoms with van der Waals surface area (Å²) in [6.45, 7) is 0. The Kier molecular flexibility index (Phi) is 5.31. The van der Waals surface area contributed by atoms with Crippen LogP contribution < -0.4 is 10.5 Å². The topological polar surface area (TPSA) is 52.3 Å². The maximum Gasteiger partial charge on any atom is 0.344 e. The van der Waals surface area contributed by atoms with Crippen molar-refractivity contribution in [3.8, 4) is 5.75 Å². The number of fused-ring (bicyclic) bond motifs is 1. The second-order valence-corrected chi connectivity index (χ2v) is 8.32. The number of hydrogen-bond acceptors (Lipinski definition) is 3. The van der Waals surface area contributed by atoms with E-state index in [0.717, 1.165) is 21.5 Å². The summed E-state index contributed by atoms with van der Waals surface area (Å²) >= 11 is 6.56. The maximum atomic E-state index is 12.5. The maximum absolute atomic E-state index is 12.5. The first-order chi connectivity index (χ1) is 11.0. The Morgan fingerprint density at radius 2 is 1.74 bits per heavy atom. The van der Waals surface area contributed by atoms with Gasteiger partial charge >= 0.3 is 5.97 Å². The third-order valence-corrected chi connectivity index (χ3v) is 7.01. The summed E-state index contributed by atoms with van der Waals surface area (Å²) in [7, 11) is 0. The van der Waals surface area contributed by atoms with Crippen molar-refractivity contribution in [2.75, 3.05) is 5.73 Å². The number of esters is 1. The minimum absolute atomic E-state index is 0.387. The second kappa shape index (κ2) is 7.09. The molecule has 3 nitrogen and oxygen atoms in total. The van der Waals surface area contributed by atoms with Crippen LogP contribution in [0.15, 0.2) is 48.5 Å². The summed E-state index contributed by atoms with van der Waals surface area (Å²) in [5, 5.41) is 1.90. The lowest BCUT2D eigenvalue weighted by molar-refractivity contribution is 0.0734. The number of carbonyl (C=O) groups excluding carboxylic acids is 1. The first kappa shape index (κ1) is 17.2. The van der Waals surface area contributed by atoms with E-state index in [1.165, 1.54) is 0 Å². The lowest BCUT2D eigenvalue weighted by Gasteiger charge is -2.11. The van der Waals surface area contributed by atoms with Gasteiger partial charge < -0.3 is 10.5 Å². The zero-order valence-electron chi connectivity index (χ0n) is 11.6. The number of nitrogens with two attached hydrogens (primary N) is 1. The van der Waals surface area contributed by atoms with Crippen LogP contribution in [0.1, 0.15) is 10.4 Å². The highest BCUT2D eigenvalue weighted by molar-refractivity contribution is 14.1. The van der Waals surface area contributed by atoms with E-state index in [1.807, 2.05) is 42.5 Å². The number of nitrogen functional groups attached to an aromatic ring is 1. The summed E-state index contributed by atoms with van der Waals surface area (Å²) in [5.41, 5.74) is 7.19. The highest BCUT2D eigenvalue weighted by Crippen LogP contribution is 2.32. The largest absolute Gasteiger partial charge is 0.421 e. The molecule has 23 heavy (non-hydrogen) atoms. The van der Waals surface area contributed by atoms with E-state index in [-0.39, 0.29) is 0 Å². The molecule has 6 heteroatoms. The summed E-state index contributed by atoms with van der Waals surface area (Å²) < 4.78 is 8.45. The lowest BCUT2D eigenvalue weighted by Crippen LogP contribution is -2.12. The molecular formula is C17H10I3NO2. The fourth-order valence-electron chi connectivity index (χ4n) is 2.22. The van der Waals surface area contributed by atoms with Gasteiger partial charge in [-0.1, -0.05) is 30.3 Å². The van der Waals surface area contributed by atoms with Crippen LogP contribution in [0.3, 0.4) is 0 Å². The predicted molar refractivity (Wildman–Crippen MR) is 118 cm³/mol. The second-order valence-electron chi connectivity index (χ2n) is 4.84. The van der Waals surface area contributed by atoms with E-state index >= 15 is 0 Å². The van der Waals surface area contributed by atoms with Gasteiger partial charge in [-0.25, -0.2) is 4.79 Å². The molecule has 0 aliphatic heterocycles. The van der Waals surface area contributed by atoms with Gasteiger partial charge in [0.25, 0.3) is 0 Å². The molecule has 0 unspecified atom stereocenters. The van der Waals surface area contributed by atoms with E-state index < -0.39 is 5.97 Å². The van der Waals surface area contributed by atoms with Crippen molar-refractivity contribution in [1.29, 1.82) is 0 Å². The molecule has 0 heterocycles. The zero-order valence-corrected chi connectivity index (χ0v) is 18.1. The normalized spacial score (nSPS) is 10.7. The zero-order chi connectivity index (χ0) is 16.6.